The highest BCUT2D eigenvalue weighted by Crippen LogP contribution is 2.31. The summed E-state index contributed by atoms with van der Waals surface area (Å²) in [6, 6.07) is 14.9. The Morgan fingerprint density at radius 3 is 2.52 bits per heavy atom. The largest absolute Gasteiger partial charge is 0.494 e. The molecule has 1 aromatic heterocycles. The third-order valence-electron chi connectivity index (χ3n) is 3.09. The molecule has 1 heterocycles. The van der Waals surface area contributed by atoms with Gasteiger partial charge in [0.1, 0.15) is 17.2 Å². The number of nitrogens with two attached hydrogens (primary N) is 1. The third-order valence-corrected chi connectivity index (χ3v) is 3.09. The smallest absolute Gasteiger partial charge is 0.138 e. The van der Waals surface area contributed by atoms with Crippen molar-refractivity contribution in [1.82, 2.24) is 4.98 Å². The monoisotopic (exact) mass is 280 g/mol. The summed E-state index contributed by atoms with van der Waals surface area (Å²) in [5, 5.41) is 0.917. The molecule has 0 unspecified atom stereocenters. The Labute approximate surface area is 123 Å². The fourth-order valence-corrected chi connectivity index (χ4v) is 2.11. The maximum atomic E-state index is 5.93. The lowest BCUT2D eigenvalue weighted by Gasteiger charge is -2.10. The van der Waals surface area contributed by atoms with Gasteiger partial charge in [0.05, 0.1) is 12.1 Å². The van der Waals surface area contributed by atoms with Crippen molar-refractivity contribution in [3.8, 4) is 17.2 Å². The average Bonchev–Trinajstić information content (AvgIpc) is 2.50. The maximum Gasteiger partial charge on any atom is 0.138 e. The van der Waals surface area contributed by atoms with E-state index in [1.54, 1.807) is 6.20 Å². The van der Waals surface area contributed by atoms with Crippen molar-refractivity contribution >= 4 is 16.6 Å². The molecule has 0 aliphatic carbocycles. The van der Waals surface area contributed by atoms with Gasteiger partial charge in [0.2, 0.25) is 0 Å². The average molecular weight is 280 g/mol. The Bertz CT molecular complexity index is 754. The van der Waals surface area contributed by atoms with Gasteiger partial charge in [0.25, 0.3) is 0 Å². The van der Waals surface area contributed by atoms with E-state index in [0.717, 1.165) is 28.2 Å². The molecule has 0 atom stereocenters. The lowest BCUT2D eigenvalue weighted by molar-refractivity contribution is 0.340. The number of nitrogen functional groups attached to an aromatic ring is 1. The summed E-state index contributed by atoms with van der Waals surface area (Å²) in [6.07, 6.45) is 1.73. The van der Waals surface area contributed by atoms with Crippen LogP contribution in [0, 0.1) is 0 Å². The molecular formula is C17H16N2O2. The van der Waals surface area contributed by atoms with Crippen LogP contribution in [-0.4, -0.2) is 11.6 Å². The quantitative estimate of drug-likeness (QED) is 0.734. The van der Waals surface area contributed by atoms with E-state index in [9.17, 15) is 0 Å². The standard InChI is InChI=1S/C17H16N2O2/c1-2-20-14-7-8-16-15(11-14)17(9-10-19-16)21-13-5-3-12(18)4-6-13/h3-11H,2,18H2,1H3. The van der Waals surface area contributed by atoms with Gasteiger partial charge in [0, 0.05) is 17.3 Å². The van der Waals surface area contributed by atoms with Gasteiger partial charge < -0.3 is 15.2 Å². The molecule has 0 bridgehead atoms. The van der Waals surface area contributed by atoms with Crippen molar-refractivity contribution in [3.63, 3.8) is 0 Å². The van der Waals surface area contributed by atoms with E-state index in [1.807, 2.05) is 55.5 Å². The van der Waals surface area contributed by atoms with Crippen molar-refractivity contribution in [1.29, 1.82) is 0 Å². The summed E-state index contributed by atoms with van der Waals surface area (Å²) >= 11 is 0. The molecule has 0 saturated heterocycles. The zero-order valence-corrected chi connectivity index (χ0v) is 11.7. The highest BCUT2D eigenvalue weighted by molar-refractivity contribution is 5.86. The first-order valence-electron chi connectivity index (χ1n) is 6.81. The first-order chi connectivity index (χ1) is 10.3. The minimum Gasteiger partial charge on any atom is -0.494 e. The molecule has 0 aliphatic rings. The number of ether oxygens (including phenoxy) is 2. The second-order valence-corrected chi connectivity index (χ2v) is 4.59. The van der Waals surface area contributed by atoms with Crippen LogP contribution in [-0.2, 0) is 0 Å². The molecule has 3 aromatic rings. The zero-order chi connectivity index (χ0) is 14.7. The lowest BCUT2D eigenvalue weighted by Crippen LogP contribution is -1.93. The van der Waals surface area contributed by atoms with Crippen molar-refractivity contribution in [2.75, 3.05) is 12.3 Å². The minimum absolute atomic E-state index is 0.625. The molecule has 0 spiro atoms. The highest BCUT2D eigenvalue weighted by atomic mass is 16.5. The van der Waals surface area contributed by atoms with E-state index in [1.165, 1.54) is 0 Å². The molecule has 0 aliphatic heterocycles. The summed E-state index contributed by atoms with van der Waals surface area (Å²) in [7, 11) is 0. The van der Waals surface area contributed by atoms with E-state index in [4.69, 9.17) is 15.2 Å². The van der Waals surface area contributed by atoms with Crippen LogP contribution in [0.2, 0.25) is 0 Å². The van der Waals surface area contributed by atoms with Crippen LogP contribution >= 0.6 is 0 Å². The predicted molar refractivity (Wildman–Crippen MR) is 83.8 cm³/mol. The molecule has 0 amide bonds. The van der Waals surface area contributed by atoms with Crippen LogP contribution in [0.25, 0.3) is 10.9 Å². The Balaban J connectivity index is 2.00. The normalized spacial score (nSPS) is 10.5. The third kappa shape index (κ3) is 2.89. The van der Waals surface area contributed by atoms with E-state index < -0.39 is 0 Å². The fourth-order valence-electron chi connectivity index (χ4n) is 2.11. The molecular weight excluding hydrogens is 264 g/mol. The fraction of sp³-hybridized carbons (Fsp3) is 0.118. The summed E-state index contributed by atoms with van der Waals surface area (Å²) in [5.74, 6) is 2.28. The van der Waals surface area contributed by atoms with Crippen LogP contribution in [0.15, 0.2) is 54.7 Å². The molecule has 3 rings (SSSR count). The second kappa shape index (κ2) is 5.71. The van der Waals surface area contributed by atoms with E-state index in [2.05, 4.69) is 4.98 Å². The molecule has 2 aromatic carbocycles. The van der Waals surface area contributed by atoms with Crippen molar-refractivity contribution in [3.05, 3.63) is 54.7 Å². The van der Waals surface area contributed by atoms with E-state index >= 15 is 0 Å². The molecule has 21 heavy (non-hydrogen) atoms. The van der Waals surface area contributed by atoms with Gasteiger partial charge in [-0.25, -0.2) is 0 Å². The Morgan fingerprint density at radius 1 is 1.00 bits per heavy atom. The number of hydrogen-bond acceptors (Lipinski definition) is 4. The first-order valence-corrected chi connectivity index (χ1v) is 6.81. The Hall–Kier alpha value is -2.75. The number of hydrogen-bond donors (Lipinski definition) is 1. The predicted octanol–water partition coefficient (Wildman–Crippen LogP) is 4.01. The Morgan fingerprint density at radius 2 is 1.76 bits per heavy atom. The molecule has 4 nitrogen and oxygen atoms in total. The molecule has 2 N–H and O–H groups in total. The number of nitrogens with zero attached hydrogens (tertiary/aromatic N) is 1. The SMILES string of the molecule is CCOc1ccc2nccc(Oc3ccc(N)cc3)c2c1. The highest BCUT2D eigenvalue weighted by Gasteiger charge is 2.06. The number of rotatable bonds is 4. The number of aromatic nitrogens is 1. The molecule has 106 valence electrons. The van der Waals surface area contributed by atoms with Gasteiger partial charge in [-0.1, -0.05) is 0 Å². The molecule has 0 fully saturated rings. The number of benzene rings is 2. The summed E-state index contributed by atoms with van der Waals surface area (Å²) in [4.78, 5) is 4.34. The zero-order valence-electron chi connectivity index (χ0n) is 11.7. The second-order valence-electron chi connectivity index (χ2n) is 4.59. The Kier molecular flexibility index (Phi) is 3.60. The van der Waals surface area contributed by atoms with Gasteiger partial charge in [0.15, 0.2) is 0 Å². The van der Waals surface area contributed by atoms with E-state index in [-0.39, 0.29) is 0 Å². The van der Waals surface area contributed by atoms with Crippen LogP contribution in [0.4, 0.5) is 5.69 Å². The van der Waals surface area contributed by atoms with Crippen LogP contribution in [0.5, 0.6) is 17.2 Å². The number of anilines is 1. The van der Waals surface area contributed by atoms with Crippen molar-refractivity contribution < 1.29 is 9.47 Å². The van der Waals surface area contributed by atoms with Gasteiger partial charge >= 0.3 is 0 Å². The van der Waals surface area contributed by atoms with Crippen LogP contribution < -0.4 is 15.2 Å². The van der Waals surface area contributed by atoms with E-state index in [0.29, 0.717) is 12.3 Å². The van der Waals surface area contributed by atoms with Crippen molar-refractivity contribution in [2.45, 2.75) is 6.92 Å². The maximum absolute atomic E-state index is 5.93. The topological polar surface area (TPSA) is 57.4 Å². The first kappa shape index (κ1) is 13.2. The van der Waals surface area contributed by atoms with Gasteiger partial charge in [-0.05, 0) is 55.5 Å². The summed E-state index contributed by atoms with van der Waals surface area (Å²) in [6.45, 7) is 2.58. The van der Waals surface area contributed by atoms with Gasteiger partial charge in [-0.2, -0.15) is 0 Å². The summed E-state index contributed by atoms with van der Waals surface area (Å²) < 4.78 is 11.5. The van der Waals surface area contributed by atoms with Crippen LogP contribution in [0.1, 0.15) is 6.92 Å². The number of fused-ring (bicyclic) bond motifs is 1. The molecule has 0 radical (unpaired) electrons. The van der Waals surface area contributed by atoms with Crippen LogP contribution in [0.3, 0.4) is 0 Å². The lowest BCUT2D eigenvalue weighted by atomic mass is 10.2. The molecule has 0 saturated carbocycles. The van der Waals surface area contributed by atoms with Gasteiger partial charge in [-0.15, -0.1) is 0 Å². The molecule has 4 heteroatoms. The summed E-state index contributed by atoms with van der Waals surface area (Å²) in [5.41, 5.74) is 7.26. The number of pyridine rings is 1. The van der Waals surface area contributed by atoms with Gasteiger partial charge in [-0.3, -0.25) is 4.98 Å². The van der Waals surface area contributed by atoms with Crippen molar-refractivity contribution in [2.24, 2.45) is 0 Å². The minimum atomic E-state index is 0.625.